The van der Waals surface area contributed by atoms with Crippen molar-refractivity contribution in [2.24, 2.45) is 0 Å². The maximum Gasteiger partial charge on any atom is 0.343 e. The summed E-state index contributed by atoms with van der Waals surface area (Å²) in [5, 5.41) is 1.69. The van der Waals surface area contributed by atoms with Gasteiger partial charge in [0.15, 0.2) is 0 Å². The summed E-state index contributed by atoms with van der Waals surface area (Å²) in [5.74, 6) is 0.447. The van der Waals surface area contributed by atoms with Crippen LogP contribution in [0.4, 0.5) is 0 Å². The average Bonchev–Trinajstić information content (AvgIpc) is 2.72. The van der Waals surface area contributed by atoms with Crippen LogP contribution < -0.4 is 14.2 Å². The van der Waals surface area contributed by atoms with Gasteiger partial charge in [-0.2, -0.15) is 0 Å². The van der Waals surface area contributed by atoms with Crippen LogP contribution in [0.15, 0.2) is 85.5 Å². The van der Waals surface area contributed by atoms with Gasteiger partial charge in [0.1, 0.15) is 23.9 Å². The third-order valence-corrected chi connectivity index (χ3v) is 4.01. The second-order valence-electron chi connectivity index (χ2n) is 6.35. The van der Waals surface area contributed by atoms with Crippen LogP contribution in [-0.2, 0) is 4.79 Å². The molecule has 5 heteroatoms. The zero-order chi connectivity index (χ0) is 20.8. The number of fused-ring (bicyclic) bond motifs is 1. The first-order valence-corrected chi connectivity index (χ1v) is 8.94. The fourth-order valence-corrected chi connectivity index (χ4v) is 2.53. The third-order valence-electron chi connectivity index (χ3n) is 4.01. The summed E-state index contributed by atoms with van der Waals surface area (Å²) in [6.07, 6.45) is 1.65. The van der Waals surface area contributed by atoms with E-state index in [1.165, 1.54) is 0 Å². The van der Waals surface area contributed by atoms with E-state index in [9.17, 15) is 9.59 Å². The molecule has 3 aromatic carbocycles. The molecule has 0 bridgehead atoms. The third kappa shape index (κ3) is 5.11. The van der Waals surface area contributed by atoms with Crippen molar-refractivity contribution in [3.8, 4) is 17.2 Å². The molecule has 3 rings (SSSR count). The number of hydrogen-bond donors (Lipinski definition) is 0. The lowest BCUT2D eigenvalue weighted by atomic mass is 10.1. The maximum atomic E-state index is 12.4. The summed E-state index contributed by atoms with van der Waals surface area (Å²) in [6, 6.07) is 17.1. The number of esters is 2. The van der Waals surface area contributed by atoms with E-state index in [0.29, 0.717) is 35.0 Å². The number of hydrogen-bond acceptors (Lipinski definition) is 5. The Morgan fingerprint density at radius 1 is 0.862 bits per heavy atom. The number of carbonyl (C=O) groups excluding carboxylic acids is 2. The van der Waals surface area contributed by atoms with Crippen molar-refractivity contribution in [2.45, 2.75) is 6.92 Å². The molecule has 3 aromatic rings. The summed E-state index contributed by atoms with van der Waals surface area (Å²) < 4.78 is 16.1. The summed E-state index contributed by atoms with van der Waals surface area (Å²) in [7, 11) is 0. The highest BCUT2D eigenvalue weighted by molar-refractivity contribution is 5.93. The molecule has 0 aliphatic heterocycles. The minimum absolute atomic E-state index is 0.314. The van der Waals surface area contributed by atoms with Gasteiger partial charge in [0.25, 0.3) is 0 Å². The van der Waals surface area contributed by atoms with E-state index in [2.05, 4.69) is 13.2 Å². The lowest BCUT2D eigenvalue weighted by Gasteiger charge is -2.08. The van der Waals surface area contributed by atoms with Gasteiger partial charge in [-0.15, -0.1) is 0 Å². The molecular formula is C24H20O5. The Morgan fingerprint density at radius 2 is 1.45 bits per heavy atom. The second-order valence-corrected chi connectivity index (χ2v) is 6.35. The monoisotopic (exact) mass is 388 g/mol. The number of carbonyl (C=O) groups is 2. The molecule has 146 valence electrons. The Bertz CT molecular complexity index is 1080. The first-order chi connectivity index (χ1) is 14.0. The Kier molecular flexibility index (Phi) is 6.09. The predicted octanol–water partition coefficient (Wildman–Crippen LogP) is 5.11. The fraction of sp³-hybridized carbons (Fsp3) is 0.0833. The van der Waals surface area contributed by atoms with Crippen LogP contribution in [0.2, 0.25) is 0 Å². The number of ether oxygens (including phenoxy) is 3. The number of benzene rings is 3. The van der Waals surface area contributed by atoms with Crippen LogP contribution >= 0.6 is 0 Å². The summed E-state index contributed by atoms with van der Waals surface area (Å²) in [4.78, 5) is 24.1. The van der Waals surface area contributed by atoms with Crippen LogP contribution in [0, 0.1) is 0 Å². The molecule has 0 saturated heterocycles. The highest BCUT2D eigenvalue weighted by atomic mass is 16.5. The first-order valence-electron chi connectivity index (χ1n) is 8.94. The highest BCUT2D eigenvalue weighted by Gasteiger charge is 2.10. The van der Waals surface area contributed by atoms with Gasteiger partial charge >= 0.3 is 11.9 Å². The van der Waals surface area contributed by atoms with Gasteiger partial charge < -0.3 is 14.2 Å². The molecule has 0 aliphatic carbocycles. The van der Waals surface area contributed by atoms with Crippen molar-refractivity contribution in [1.29, 1.82) is 0 Å². The Morgan fingerprint density at radius 3 is 2.03 bits per heavy atom. The molecule has 29 heavy (non-hydrogen) atoms. The van der Waals surface area contributed by atoms with Gasteiger partial charge in [-0.3, -0.25) is 0 Å². The zero-order valence-electron chi connectivity index (χ0n) is 16.0. The minimum Gasteiger partial charge on any atom is -0.490 e. The van der Waals surface area contributed by atoms with Gasteiger partial charge in [0.2, 0.25) is 0 Å². The Balaban J connectivity index is 1.75. The molecule has 0 aliphatic rings. The summed E-state index contributed by atoms with van der Waals surface area (Å²) in [5.41, 5.74) is 0.717. The predicted molar refractivity (Wildman–Crippen MR) is 111 cm³/mol. The molecule has 0 amide bonds. The molecule has 0 unspecified atom stereocenters. The van der Waals surface area contributed by atoms with E-state index >= 15 is 0 Å². The van der Waals surface area contributed by atoms with E-state index in [4.69, 9.17) is 14.2 Å². The van der Waals surface area contributed by atoms with Gasteiger partial charge in [-0.1, -0.05) is 31.4 Å². The van der Waals surface area contributed by atoms with Crippen LogP contribution in [0.25, 0.3) is 10.8 Å². The van der Waals surface area contributed by atoms with Crippen LogP contribution in [-0.4, -0.2) is 18.5 Å². The molecule has 0 spiro atoms. The van der Waals surface area contributed by atoms with Crippen molar-refractivity contribution in [3.63, 3.8) is 0 Å². The first kappa shape index (κ1) is 19.9. The molecule has 0 aromatic heterocycles. The molecule has 0 fully saturated rings. The summed E-state index contributed by atoms with van der Waals surface area (Å²) in [6.45, 7) is 9.13. The van der Waals surface area contributed by atoms with Crippen LogP contribution in [0.1, 0.15) is 17.3 Å². The van der Waals surface area contributed by atoms with E-state index in [0.717, 1.165) is 10.8 Å². The summed E-state index contributed by atoms with van der Waals surface area (Å²) >= 11 is 0. The van der Waals surface area contributed by atoms with Crippen molar-refractivity contribution < 1.29 is 23.8 Å². The van der Waals surface area contributed by atoms with Crippen molar-refractivity contribution in [1.82, 2.24) is 0 Å². The quantitative estimate of drug-likeness (QED) is 0.244. The van der Waals surface area contributed by atoms with Crippen LogP contribution in [0.3, 0.4) is 0 Å². The zero-order valence-corrected chi connectivity index (χ0v) is 16.0. The van der Waals surface area contributed by atoms with Gasteiger partial charge in [-0.05, 0) is 66.2 Å². The molecule has 0 radical (unpaired) electrons. The minimum atomic E-state index is -0.493. The largest absolute Gasteiger partial charge is 0.490 e. The molecular weight excluding hydrogens is 368 g/mol. The number of rotatable bonds is 7. The molecule has 0 saturated carbocycles. The smallest absolute Gasteiger partial charge is 0.343 e. The topological polar surface area (TPSA) is 61.8 Å². The second kappa shape index (κ2) is 8.89. The Labute approximate surface area is 168 Å². The van der Waals surface area contributed by atoms with Gasteiger partial charge in [0, 0.05) is 5.57 Å². The van der Waals surface area contributed by atoms with E-state index in [-0.39, 0.29) is 0 Å². The molecule has 0 N–H and O–H groups in total. The Hall–Kier alpha value is -3.86. The van der Waals surface area contributed by atoms with E-state index in [1.807, 2.05) is 12.1 Å². The standard InChI is InChI=1S/C24H20O5/c1-4-13-27-20-9-7-18(8-10-20)24(26)29-22-12-6-17-5-11-21(14-19(17)15-22)28-23(25)16(2)3/h4-12,14-15H,1-2,13H2,3H3. The normalized spacial score (nSPS) is 10.2. The van der Waals surface area contributed by atoms with E-state index in [1.54, 1.807) is 61.5 Å². The molecule has 0 atom stereocenters. The lowest BCUT2D eigenvalue weighted by Crippen LogP contribution is -2.08. The average molecular weight is 388 g/mol. The SMILES string of the molecule is C=CCOc1ccc(C(=O)Oc2ccc3ccc(OC(=O)C(=C)C)cc3c2)cc1. The van der Waals surface area contributed by atoms with E-state index < -0.39 is 11.9 Å². The molecule has 0 heterocycles. The molecule has 5 nitrogen and oxygen atoms in total. The lowest BCUT2D eigenvalue weighted by molar-refractivity contribution is -0.130. The van der Waals surface area contributed by atoms with Crippen molar-refractivity contribution in [3.05, 3.63) is 91.0 Å². The van der Waals surface area contributed by atoms with Crippen molar-refractivity contribution >= 4 is 22.7 Å². The van der Waals surface area contributed by atoms with Gasteiger partial charge in [-0.25, -0.2) is 9.59 Å². The fourth-order valence-electron chi connectivity index (χ4n) is 2.53. The van der Waals surface area contributed by atoms with Gasteiger partial charge in [0.05, 0.1) is 5.56 Å². The maximum absolute atomic E-state index is 12.4. The van der Waals surface area contributed by atoms with Crippen molar-refractivity contribution in [2.75, 3.05) is 6.61 Å². The van der Waals surface area contributed by atoms with Crippen LogP contribution in [0.5, 0.6) is 17.2 Å². The highest BCUT2D eigenvalue weighted by Crippen LogP contribution is 2.26.